The van der Waals surface area contributed by atoms with E-state index in [0.29, 0.717) is 5.56 Å². The minimum Gasteiger partial charge on any atom is -0.452 e. The molecule has 0 aliphatic rings. The Morgan fingerprint density at radius 3 is 2.12 bits per heavy atom. The molecule has 0 aliphatic heterocycles. The van der Waals surface area contributed by atoms with E-state index in [2.05, 4.69) is 26.1 Å². The molecule has 0 fully saturated rings. The van der Waals surface area contributed by atoms with Gasteiger partial charge >= 0.3 is 5.97 Å². The topological polar surface area (TPSA) is 55.4 Å². The van der Waals surface area contributed by atoms with Crippen LogP contribution in [0, 0.1) is 6.92 Å². The van der Waals surface area contributed by atoms with Crippen molar-refractivity contribution in [2.45, 2.75) is 46.1 Å². The molecule has 0 aromatic heterocycles. The Hall–Kier alpha value is -2.62. The Morgan fingerprint density at radius 2 is 1.58 bits per heavy atom. The van der Waals surface area contributed by atoms with Crippen LogP contribution in [0.25, 0.3) is 0 Å². The highest BCUT2D eigenvalue weighted by atomic mass is 16.5. The third-order valence-corrected chi connectivity index (χ3v) is 4.28. The predicted molar refractivity (Wildman–Crippen MR) is 103 cm³/mol. The molecular weight excluding hydrogens is 326 g/mol. The summed E-state index contributed by atoms with van der Waals surface area (Å²) in [5.41, 5.74) is 3.77. The zero-order valence-electron chi connectivity index (χ0n) is 16.1. The van der Waals surface area contributed by atoms with E-state index in [4.69, 9.17) is 4.74 Å². The van der Waals surface area contributed by atoms with Gasteiger partial charge in [-0.3, -0.25) is 4.79 Å². The third kappa shape index (κ3) is 5.45. The summed E-state index contributed by atoms with van der Waals surface area (Å²) in [5.74, 6) is -0.818. The molecule has 0 saturated carbocycles. The number of aryl methyl sites for hydroxylation is 1. The van der Waals surface area contributed by atoms with Crippen LogP contribution in [0.15, 0.2) is 48.5 Å². The summed E-state index contributed by atoms with van der Waals surface area (Å²) in [7, 11) is 0. The Balaban J connectivity index is 1.86. The lowest BCUT2D eigenvalue weighted by Crippen LogP contribution is -2.31. The number of carbonyl (C=O) groups excluding carboxylic acids is 2. The maximum Gasteiger partial charge on any atom is 0.338 e. The van der Waals surface area contributed by atoms with Gasteiger partial charge < -0.3 is 10.1 Å². The zero-order valence-corrected chi connectivity index (χ0v) is 16.1. The average Bonchev–Trinajstić information content (AvgIpc) is 2.59. The molecule has 4 nitrogen and oxygen atoms in total. The minimum absolute atomic E-state index is 0.0223. The predicted octanol–water partition coefficient (Wildman–Crippen LogP) is 4.33. The van der Waals surface area contributed by atoms with Crippen molar-refractivity contribution in [1.82, 2.24) is 5.32 Å². The zero-order chi connectivity index (χ0) is 19.3. The van der Waals surface area contributed by atoms with Crippen LogP contribution in [0.2, 0.25) is 0 Å². The van der Waals surface area contributed by atoms with E-state index < -0.39 is 5.97 Å². The molecule has 0 aliphatic carbocycles. The molecule has 2 aromatic rings. The van der Waals surface area contributed by atoms with Crippen molar-refractivity contribution in [3.8, 4) is 0 Å². The first-order chi connectivity index (χ1) is 12.2. The standard InChI is InChI=1S/C22H27NO3/c1-15-6-8-17(9-7-15)16(2)23-20(24)14-26-21(25)18-10-12-19(13-11-18)22(3,4)5/h6-13,16H,14H2,1-5H3,(H,23,24). The van der Waals surface area contributed by atoms with Gasteiger partial charge in [-0.2, -0.15) is 0 Å². The second-order valence-corrected chi connectivity index (χ2v) is 7.60. The fraction of sp³-hybridized carbons (Fsp3) is 0.364. The molecule has 0 heterocycles. The Labute approximate surface area is 155 Å². The van der Waals surface area contributed by atoms with E-state index in [-0.39, 0.29) is 24.0 Å². The maximum atomic E-state index is 12.1. The third-order valence-electron chi connectivity index (χ3n) is 4.28. The molecule has 0 bridgehead atoms. The van der Waals surface area contributed by atoms with Crippen molar-refractivity contribution in [1.29, 1.82) is 0 Å². The van der Waals surface area contributed by atoms with Gasteiger partial charge in [0.25, 0.3) is 5.91 Å². The molecule has 2 rings (SSSR count). The molecule has 1 atom stereocenters. The van der Waals surface area contributed by atoms with Gasteiger partial charge in [0.2, 0.25) is 0 Å². The molecule has 0 spiro atoms. The molecular formula is C22H27NO3. The molecule has 0 radical (unpaired) electrons. The highest BCUT2D eigenvalue weighted by Gasteiger charge is 2.16. The van der Waals surface area contributed by atoms with Crippen LogP contribution in [0.1, 0.15) is 60.8 Å². The number of amides is 1. The highest BCUT2D eigenvalue weighted by molar-refractivity contribution is 5.91. The van der Waals surface area contributed by atoms with Gasteiger partial charge in [0.15, 0.2) is 6.61 Å². The summed E-state index contributed by atoms with van der Waals surface area (Å²) >= 11 is 0. The van der Waals surface area contributed by atoms with E-state index in [0.717, 1.165) is 11.1 Å². The quantitative estimate of drug-likeness (QED) is 0.814. The number of esters is 1. The second-order valence-electron chi connectivity index (χ2n) is 7.60. The van der Waals surface area contributed by atoms with Crippen LogP contribution < -0.4 is 5.32 Å². The van der Waals surface area contributed by atoms with Crippen molar-refractivity contribution < 1.29 is 14.3 Å². The number of hydrogen-bond acceptors (Lipinski definition) is 3. The molecule has 0 saturated heterocycles. The van der Waals surface area contributed by atoms with Gasteiger partial charge in [0, 0.05) is 0 Å². The number of ether oxygens (including phenoxy) is 1. The van der Waals surface area contributed by atoms with Gasteiger partial charge in [0.05, 0.1) is 11.6 Å². The Morgan fingerprint density at radius 1 is 1.00 bits per heavy atom. The van der Waals surface area contributed by atoms with Gasteiger partial charge in [-0.15, -0.1) is 0 Å². The van der Waals surface area contributed by atoms with Crippen molar-refractivity contribution in [2.75, 3.05) is 6.61 Å². The van der Waals surface area contributed by atoms with Crippen LogP contribution in [-0.2, 0) is 14.9 Å². The van der Waals surface area contributed by atoms with E-state index in [9.17, 15) is 9.59 Å². The fourth-order valence-electron chi connectivity index (χ4n) is 2.54. The van der Waals surface area contributed by atoms with Crippen molar-refractivity contribution in [3.63, 3.8) is 0 Å². The molecule has 1 N–H and O–H groups in total. The summed E-state index contributed by atoms with van der Waals surface area (Å²) in [4.78, 5) is 24.1. The first-order valence-corrected chi connectivity index (χ1v) is 8.80. The summed E-state index contributed by atoms with van der Waals surface area (Å²) in [5, 5.41) is 2.84. The fourth-order valence-corrected chi connectivity index (χ4v) is 2.54. The number of nitrogens with one attached hydrogen (secondary N) is 1. The summed E-state index contributed by atoms with van der Waals surface area (Å²) in [6.45, 7) is 9.95. The average molecular weight is 353 g/mol. The van der Waals surface area contributed by atoms with E-state index >= 15 is 0 Å². The molecule has 138 valence electrons. The van der Waals surface area contributed by atoms with Crippen LogP contribution in [-0.4, -0.2) is 18.5 Å². The van der Waals surface area contributed by atoms with Crippen molar-refractivity contribution in [2.24, 2.45) is 0 Å². The summed E-state index contributed by atoms with van der Waals surface area (Å²) in [6, 6.07) is 15.1. The number of hydrogen-bond donors (Lipinski definition) is 1. The SMILES string of the molecule is Cc1ccc(C(C)NC(=O)COC(=O)c2ccc(C(C)(C)C)cc2)cc1. The van der Waals surface area contributed by atoms with E-state index in [1.807, 2.05) is 50.2 Å². The normalized spacial score (nSPS) is 12.3. The summed E-state index contributed by atoms with van der Waals surface area (Å²) < 4.78 is 5.12. The maximum absolute atomic E-state index is 12.1. The Kier molecular flexibility index (Phi) is 6.19. The van der Waals surface area contributed by atoms with Crippen LogP contribution in [0.5, 0.6) is 0 Å². The van der Waals surface area contributed by atoms with Gasteiger partial charge in [-0.1, -0.05) is 62.7 Å². The van der Waals surface area contributed by atoms with Crippen LogP contribution >= 0.6 is 0 Å². The number of benzene rings is 2. The van der Waals surface area contributed by atoms with Crippen LogP contribution in [0.4, 0.5) is 0 Å². The molecule has 26 heavy (non-hydrogen) atoms. The number of carbonyl (C=O) groups is 2. The molecule has 4 heteroatoms. The first kappa shape index (κ1) is 19.7. The van der Waals surface area contributed by atoms with Gasteiger partial charge in [0.1, 0.15) is 0 Å². The lowest BCUT2D eigenvalue weighted by Gasteiger charge is -2.19. The summed E-state index contributed by atoms with van der Waals surface area (Å²) in [6.07, 6.45) is 0. The number of rotatable bonds is 5. The van der Waals surface area contributed by atoms with E-state index in [1.165, 1.54) is 5.56 Å². The van der Waals surface area contributed by atoms with E-state index in [1.54, 1.807) is 12.1 Å². The van der Waals surface area contributed by atoms with Crippen molar-refractivity contribution >= 4 is 11.9 Å². The monoisotopic (exact) mass is 353 g/mol. The Bertz CT molecular complexity index is 755. The van der Waals surface area contributed by atoms with Gasteiger partial charge in [-0.05, 0) is 42.5 Å². The minimum atomic E-state index is -0.497. The smallest absolute Gasteiger partial charge is 0.338 e. The lowest BCUT2D eigenvalue weighted by atomic mass is 9.87. The second kappa shape index (κ2) is 8.17. The van der Waals surface area contributed by atoms with Gasteiger partial charge in [-0.25, -0.2) is 4.79 Å². The van der Waals surface area contributed by atoms with Crippen LogP contribution in [0.3, 0.4) is 0 Å². The first-order valence-electron chi connectivity index (χ1n) is 8.80. The molecule has 2 aromatic carbocycles. The lowest BCUT2D eigenvalue weighted by molar-refractivity contribution is -0.124. The molecule has 1 unspecified atom stereocenters. The highest BCUT2D eigenvalue weighted by Crippen LogP contribution is 2.22. The molecule has 1 amide bonds. The van der Waals surface area contributed by atoms with Crippen molar-refractivity contribution in [3.05, 3.63) is 70.8 Å². The largest absolute Gasteiger partial charge is 0.452 e.